The van der Waals surface area contributed by atoms with Crippen molar-refractivity contribution in [2.45, 2.75) is 56.8 Å². The van der Waals surface area contributed by atoms with Crippen LogP contribution in [0.4, 0.5) is 23.4 Å². The maximum absolute atomic E-state index is 14.9. The Hall–Kier alpha value is -2.49. The van der Waals surface area contributed by atoms with Gasteiger partial charge < -0.3 is 9.88 Å². The third-order valence-corrected chi connectivity index (χ3v) is 7.53. The Morgan fingerprint density at radius 2 is 1.94 bits per heavy atom. The minimum absolute atomic E-state index is 0.0609. The van der Waals surface area contributed by atoms with E-state index in [1.807, 2.05) is 0 Å². The highest BCUT2D eigenvalue weighted by Crippen LogP contribution is 2.67. The van der Waals surface area contributed by atoms with Crippen LogP contribution in [0.25, 0.3) is 10.9 Å². The lowest BCUT2D eigenvalue weighted by molar-refractivity contribution is -0.199. The number of rotatable bonds is 6. The van der Waals surface area contributed by atoms with Crippen molar-refractivity contribution in [1.82, 2.24) is 14.5 Å². The topological polar surface area (TPSA) is 59.8 Å². The monoisotopic (exact) mass is 524 g/mol. The predicted molar refractivity (Wildman–Crippen MR) is 120 cm³/mol. The van der Waals surface area contributed by atoms with E-state index in [4.69, 9.17) is 0 Å². The molecule has 0 aliphatic heterocycles. The predicted octanol–water partition coefficient (Wildman–Crippen LogP) is 5.65. The van der Waals surface area contributed by atoms with Crippen LogP contribution in [0.3, 0.4) is 0 Å². The Bertz CT molecular complexity index is 1320. The second kappa shape index (κ2) is 7.25. The Kier molecular flexibility index (Phi) is 4.90. The van der Waals surface area contributed by atoms with Crippen molar-refractivity contribution in [3.8, 4) is 0 Å². The van der Waals surface area contributed by atoms with E-state index >= 15 is 0 Å². The summed E-state index contributed by atoms with van der Waals surface area (Å²) in [6.07, 6.45) is 3.72. The number of hydrogen-bond donors (Lipinski definition) is 1. The second-order valence-electron chi connectivity index (χ2n) is 9.42. The molecule has 5 nitrogen and oxygen atoms in total. The molecule has 1 aromatic carbocycles. The molecule has 0 unspecified atom stereocenters. The van der Waals surface area contributed by atoms with Gasteiger partial charge in [0.2, 0.25) is 0 Å². The normalized spacial score (nSPS) is 24.0. The van der Waals surface area contributed by atoms with Crippen LogP contribution in [0.2, 0.25) is 0 Å². The van der Waals surface area contributed by atoms with Crippen molar-refractivity contribution in [3.63, 3.8) is 0 Å². The smallest absolute Gasteiger partial charge is 0.278 e. The standard InChI is InChI=1S/C23H21BrF4N4O/c1-12(2)23(27,28)15-5-3-4-13(17(15)25)6-29-19-14-7-32(22-8-21(26,9-22)10-22)20(33)16(24)18(14)30-11-31-19/h3-5,7,11-12H,6,8-10H2,1-2H3,(H,29,30,31). The molecule has 1 N–H and O–H groups in total. The summed E-state index contributed by atoms with van der Waals surface area (Å²) in [6.45, 7) is 2.58. The fourth-order valence-electron chi connectivity index (χ4n) is 4.91. The van der Waals surface area contributed by atoms with Crippen LogP contribution in [0.5, 0.6) is 0 Å². The molecule has 2 aromatic heterocycles. The number of benzene rings is 1. The van der Waals surface area contributed by atoms with Crippen LogP contribution in [-0.2, 0) is 18.0 Å². The van der Waals surface area contributed by atoms with E-state index < -0.39 is 34.4 Å². The molecule has 3 fully saturated rings. The maximum atomic E-state index is 14.9. The average molecular weight is 525 g/mol. The highest BCUT2D eigenvalue weighted by molar-refractivity contribution is 9.10. The van der Waals surface area contributed by atoms with Crippen molar-refractivity contribution < 1.29 is 17.6 Å². The Balaban J connectivity index is 1.50. The third kappa shape index (κ3) is 3.28. The summed E-state index contributed by atoms with van der Waals surface area (Å²) in [5.41, 5.74) is -2.26. The average Bonchev–Trinajstić information content (AvgIpc) is 2.72. The van der Waals surface area contributed by atoms with E-state index in [1.54, 1.807) is 6.20 Å². The molecule has 3 aliphatic carbocycles. The van der Waals surface area contributed by atoms with Gasteiger partial charge in [-0.25, -0.2) is 27.5 Å². The van der Waals surface area contributed by atoms with E-state index in [0.29, 0.717) is 16.7 Å². The molecule has 0 saturated heterocycles. The molecule has 33 heavy (non-hydrogen) atoms. The number of fused-ring (bicyclic) bond motifs is 1. The van der Waals surface area contributed by atoms with Crippen LogP contribution in [-0.4, -0.2) is 20.2 Å². The third-order valence-electron chi connectivity index (χ3n) is 6.81. The summed E-state index contributed by atoms with van der Waals surface area (Å²) in [5, 5.41) is 3.48. The van der Waals surface area contributed by atoms with E-state index in [-0.39, 0.29) is 41.4 Å². The van der Waals surface area contributed by atoms with Crippen LogP contribution >= 0.6 is 15.9 Å². The number of pyridine rings is 1. The van der Waals surface area contributed by atoms with E-state index in [0.717, 1.165) is 6.07 Å². The number of aromatic nitrogens is 3. The molecule has 3 aromatic rings. The molecule has 2 bridgehead atoms. The van der Waals surface area contributed by atoms with Gasteiger partial charge in [0.1, 0.15) is 28.1 Å². The minimum Gasteiger partial charge on any atom is -0.365 e. The van der Waals surface area contributed by atoms with E-state index in [2.05, 4.69) is 31.2 Å². The number of anilines is 1. The minimum atomic E-state index is -3.31. The van der Waals surface area contributed by atoms with Crippen molar-refractivity contribution in [3.05, 3.63) is 62.5 Å². The molecule has 0 atom stereocenters. The van der Waals surface area contributed by atoms with Gasteiger partial charge in [0.25, 0.3) is 11.5 Å². The largest absolute Gasteiger partial charge is 0.365 e. The lowest BCUT2D eigenvalue weighted by atomic mass is 9.47. The van der Waals surface area contributed by atoms with E-state index in [1.165, 1.54) is 36.9 Å². The van der Waals surface area contributed by atoms with Gasteiger partial charge in [0.05, 0.1) is 22.0 Å². The second-order valence-corrected chi connectivity index (χ2v) is 10.2. The molecule has 3 aliphatic rings. The Morgan fingerprint density at radius 1 is 1.24 bits per heavy atom. The van der Waals surface area contributed by atoms with Gasteiger partial charge in [-0.2, -0.15) is 0 Å². The highest BCUT2D eigenvalue weighted by Gasteiger charge is 2.70. The van der Waals surface area contributed by atoms with Crippen molar-refractivity contribution in [2.75, 3.05) is 5.32 Å². The van der Waals surface area contributed by atoms with Crippen molar-refractivity contribution in [2.24, 2.45) is 5.92 Å². The first-order valence-electron chi connectivity index (χ1n) is 10.6. The molecule has 2 heterocycles. The number of halogens is 5. The molecular weight excluding hydrogens is 504 g/mol. The van der Waals surface area contributed by atoms with Crippen LogP contribution < -0.4 is 10.9 Å². The number of hydrogen-bond acceptors (Lipinski definition) is 4. The fraction of sp³-hybridized carbons (Fsp3) is 0.435. The van der Waals surface area contributed by atoms with Gasteiger partial charge in [-0.05, 0) is 15.9 Å². The molecule has 10 heteroatoms. The quantitative estimate of drug-likeness (QED) is 0.423. The molecule has 6 rings (SSSR count). The number of nitrogens with zero attached hydrogens (tertiary/aromatic N) is 3. The summed E-state index contributed by atoms with van der Waals surface area (Å²) >= 11 is 3.31. The molecule has 3 saturated carbocycles. The van der Waals surface area contributed by atoms with Gasteiger partial charge in [-0.1, -0.05) is 32.0 Å². The maximum Gasteiger partial charge on any atom is 0.278 e. The van der Waals surface area contributed by atoms with Crippen LogP contribution in [0.15, 0.2) is 40.0 Å². The molecule has 0 amide bonds. The molecule has 174 valence electrons. The fourth-order valence-corrected chi connectivity index (χ4v) is 5.42. The first kappa shape index (κ1) is 22.3. The summed E-state index contributed by atoms with van der Waals surface area (Å²) in [7, 11) is 0. The highest BCUT2D eigenvalue weighted by atomic mass is 79.9. The zero-order valence-corrected chi connectivity index (χ0v) is 19.5. The van der Waals surface area contributed by atoms with Gasteiger partial charge in [-0.3, -0.25) is 4.79 Å². The lowest BCUT2D eigenvalue weighted by Crippen LogP contribution is -2.71. The van der Waals surface area contributed by atoms with Crippen LogP contribution in [0.1, 0.15) is 44.2 Å². The Morgan fingerprint density at radius 3 is 2.58 bits per heavy atom. The summed E-state index contributed by atoms with van der Waals surface area (Å²) in [5.74, 6) is -5.02. The summed E-state index contributed by atoms with van der Waals surface area (Å²) in [6, 6.07) is 3.92. The SMILES string of the molecule is CC(C)C(F)(F)c1cccc(CNc2ncnc3c(Br)c(=O)n(C45CC(F)(C4)C5)cc23)c1F. The number of nitrogens with one attached hydrogen (secondary N) is 1. The molecule has 0 radical (unpaired) electrons. The van der Waals surface area contributed by atoms with Gasteiger partial charge in [-0.15, -0.1) is 0 Å². The van der Waals surface area contributed by atoms with Crippen LogP contribution in [0, 0.1) is 11.7 Å². The van der Waals surface area contributed by atoms with Gasteiger partial charge >= 0.3 is 0 Å². The molecular formula is C23H21BrF4N4O. The van der Waals surface area contributed by atoms with Gasteiger partial charge in [0.15, 0.2) is 0 Å². The summed E-state index contributed by atoms with van der Waals surface area (Å²) < 4.78 is 59.7. The summed E-state index contributed by atoms with van der Waals surface area (Å²) in [4.78, 5) is 21.3. The lowest BCUT2D eigenvalue weighted by Gasteiger charge is -2.66. The zero-order chi connectivity index (χ0) is 23.8. The van der Waals surface area contributed by atoms with Crippen molar-refractivity contribution >= 4 is 32.7 Å². The number of alkyl halides is 3. The van der Waals surface area contributed by atoms with E-state index in [9.17, 15) is 22.4 Å². The zero-order valence-electron chi connectivity index (χ0n) is 17.9. The van der Waals surface area contributed by atoms with Crippen molar-refractivity contribution in [1.29, 1.82) is 0 Å². The first-order chi connectivity index (χ1) is 15.5. The Labute approximate surface area is 195 Å². The first-order valence-corrected chi connectivity index (χ1v) is 11.4. The molecule has 0 spiro atoms. The van der Waals surface area contributed by atoms with Gasteiger partial charge in [0, 0.05) is 43.5 Å².